The topological polar surface area (TPSA) is 50.4 Å². The second-order valence-corrected chi connectivity index (χ2v) is 6.18. The van der Waals surface area contributed by atoms with E-state index in [9.17, 15) is 4.79 Å². The molecule has 4 heteroatoms. The van der Waals surface area contributed by atoms with Crippen LogP contribution in [0.4, 0.5) is 5.69 Å². The van der Waals surface area contributed by atoms with E-state index in [0.717, 1.165) is 28.1 Å². The van der Waals surface area contributed by atoms with Crippen molar-refractivity contribution >= 4 is 11.6 Å². The van der Waals surface area contributed by atoms with Gasteiger partial charge in [0.1, 0.15) is 5.75 Å². The Balaban J connectivity index is 1.51. The zero-order chi connectivity index (χ0) is 19.6. The molecule has 0 aromatic heterocycles. The molecule has 0 aliphatic heterocycles. The van der Waals surface area contributed by atoms with Crippen LogP contribution >= 0.6 is 0 Å². The summed E-state index contributed by atoms with van der Waals surface area (Å²) in [5.41, 5.74) is 3.71. The fraction of sp³-hybridized carbons (Fsp3) is 0.125. The number of methoxy groups -OCH3 is 1. The molecule has 3 aromatic carbocycles. The van der Waals surface area contributed by atoms with E-state index in [4.69, 9.17) is 4.74 Å². The molecule has 0 unspecified atom stereocenters. The molecule has 0 fully saturated rings. The average Bonchev–Trinajstić information content (AvgIpc) is 2.76. The van der Waals surface area contributed by atoms with Gasteiger partial charge in [0.05, 0.1) is 13.7 Å². The first-order chi connectivity index (χ1) is 13.7. The van der Waals surface area contributed by atoms with Crippen LogP contribution in [0.15, 0.2) is 78.9 Å². The van der Waals surface area contributed by atoms with Crippen molar-refractivity contribution in [3.8, 4) is 17.6 Å². The third-order valence-electron chi connectivity index (χ3n) is 4.06. The van der Waals surface area contributed by atoms with Crippen LogP contribution in [0.2, 0.25) is 0 Å². The number of rotatable bonds is 6. The lowest BCUT2D eigenvalue weighted by Gasteiger charge is -2.09. The molecule has 2 N–H and O–H groups in total. The Morgan fingerprint density at radius 3 is 2.46 bits per heavy atom. The zero-order valence-corrected chi connectivity index (χ0v) is 15.7. The third-order valence-corrected chi connectivity index (χ3v) is 4.06. The molecule has 4 nitrogen and oxygen atoms in total. The van der Waals surface area contributed by atoms with Crippen LogP contribution in [0.1, 0.15) is 16.7 Å². The van der Waals surface area contributed by atoms with Gasteiger partial charge in [-0.15, -0.1) is 0 Å². The minimum absolute atomic E-state index is 0.0800. The van der Waals surface area contributed by atoms with Gasteiger partial charge in [-0.25, -0.2) is 0 Å². The van der Waals surface area contributed by atoms with Gasteiger partial charge in [-0.3, -0.25) is 4.79 Å². The maximum absolute atomic E-state index is 12.1. The van der Waals surface area contributed by atoms with Crippen molar-refractivity contribution < 1.29 is 9.53 Å². The summed E-state index contributed by atoms with van der Waals surface area (Å²) in [6, 6.07) is 25.2. The summed E-state index contributed by atoms with van der Waals surface area (Å²) in [5, 5.41) is 6.03. The van der Waals surface area contributed by atoms with Gasteiger partial charge in [0.25, 0.3) is 0 Å². The highest BCUT2D eigenvalue weighted by Gasteiger charge is 2.03. The average molecular weight is 370 g/mol. The van der Waals surface area contributed by atoms with Crippen LogP contribution in [-0.2, 0) is 11.3 Å². The molecule has 0 aliphatic carbocycles. The van der Waals surface area contributed by atoms with Crippen LogP contribution in [0.5, 0.6) is 5.75 Å². The lowest BCUT2D eigenvalue weighted by atomic mass is 10.1. The van der Waals surface area contributed by atoms with Gasteiger partial charge in [-0.1, -0.05) is 48.2 Å². The van der Waals surface area contributed by atoms with Crippen molar-refractivity contribution in [3.63, 3.8) is 0 Å². The standard InChI is InChI=1S/C24H22N2O2/c1-28-23-12-6-10-21(16-23)17-26-24(27)18-25-22-11-5-9-20(15-22)14-13-19-7-3-2-4-8-19/h2-12,15-16,25H,17-18H2,1H3,(H,26,27). The highest BCUT2D eigenvalue weighted by Crippen LogP contribution is 2.12. The van der Waals surface area contributed by atoms with Gasteiger partial charge in [-0.2, -0.15) is 0 Å². The van der Waals surface area contributed by atoms with Gasteiger partial charge < -0.3 is 15.4 Å². The minimum Gasteiger partial charge on any atom is -0.497 e. The number of carbonyl (C=O) groups excluding carboxylic acids is 1. The summed E-state index contributed by atoms with van der Waals surface area (Å²) >= 11 is 0. The first-order valence-corrected chi connectivity index (χ1v) is 9.03. The maximum Gasteiger partial charge on any atom is 0.239 e. The number of ether oxygens (including phenoxy) is 1. The first kappa shape index (κ1) is 19.1. The summed E-state index contributed by atoms with van der Waals surface area (Å²) in [6.07, 6.45) is 0. The monoisotopic (exact) mass is 370 g/mol. The molecular formula is C24H22N2O2. The fourth-order valence-corrected chi connectivity index (χ4v) is 2.60. The van der Waals surface area contributed by atoms with E-state index in [1.807, 2.05) is 78.9 Å². The van der Waals surface area contributed by atoms with Gasteiger partial charge in [0.2, 0.25) is 5.91 Å². The second kappa shape index (κ2) is 9.84. The molecular weight excluding hydrogens is 348 g/mol. The molecule has 3 aromatic rings. The number of benzene rings is 3. The Morgan fingerprint density at radius 2 is 1.64 bits per heavy atom. The van der Waals surface area contributed by atoms with Crippen LogP contribution in [-0.4, -0.2) is 19.6 Å². The summed E-state index contributed by atoms with van der Waals surface area (Å²) in [4.78, 5) is 12.1. The van der Waals surface area contributed by atoms with E-state index >= 15 is 0 Å². The molecule has 28 heavy (non-hydrogen) atoms. The molecule has 140 valence electrons. The molecule has 3 rings (SSSR count). The van der Waals surface area contributed by atoms with Crippen molar-refractivity contribution in [2.75, 3.05) is 19.0 Å². The van der Waals surface area contributed by atoms with E-state index in [0.29, 0.717) is 6.54 Å². The second-order valence-electron chi connectivity index (χ2n) is 6.18. The lowest BCUT2D eigenvalue weighted by Crippen LogP contribution is -2.29. The van der Waals surface area contributed by atoms with E-state index in [-0.39, 0.29) is 12.5 Å². The Labute approximate surface area is 165 Å². The molecule has 0 saturated carbocycles. The number of anilines is 1. The van der Waals surface area contributed by atoms with Gasteiger partial charge in [0, 0.05) is 23.4 Å². The van der Waals surface area contributed by atoms with Gasteiger partial charge in [-0.05, 0) is 48.0 Å². The molecule has 0 spiro atoms. The molecule has 0 atom stereocenters. The van der Waals surface area contributed by atoms with E-state index < -0.39 is 0 Å². The molecule has 0 radical (unpaired) electrons. The molecule has 0 heterocycles. The molecule has 1 amide bonds. The minimum atomic E-state index is -0.0800. The van der Waals surface area contributed by atoms with Crippen molar-refractivity contribution in [2.45, 2.75) is 6.54 Å². The van der Waals surface area contributed by atoms with Crippen LogP contribution < -0.4 is 15.4 Å². The molecule has 0 saturated heterocycles. The molecule has 0 bridgehead atoms. The Hall–Kier alpha value is -3.71. The van der Waals surface area contributed by atoms with E-state index in [2.05, 4.69) is 22.5 Å². The third kappa shape index (κ3) is 5.93. The Bertz CT molecular complexity index is 988. The lowest BCUT2D eigenvalue weighted by molar-refractivity contribution is -0.119. The van der Waals surface area contributed by atoms with Gasteiger partial charge >= 0.3 is 0 Å². The largest absolute Gasteiger partial charge is 0.497 e. The quantitative estimate of drug-likeness (QED) is 0.649. The number of hydrogen-bond acceptors (Lipinski definition) is 3. The van der Waals surface area contributed by atoms with Crippen LogP contribution in [0, 0.1) is 11.8 Å². The summed E-state index contributed by atoms with van der Waals surface area (Å²) in [7, 11) is 1.62. The Kier molecular flexibility index (Phi) is 6.70. The highest BCUT2D eigenvalue weighted by atomic mass is 16.5. The SMILES string of the molecule is COc1cccc(CNC(=O)CNc2cccc(C#Cc3ccccc3)c2)c1. The summed E-state index contributed by atoms with van der Waals surface area (Å²) in [6.45, 7) is 0.653. The van der Waals surface area contributed by atoms with E-state index in [1.54, 1.807) is 7.11 Å². The summed E-state index contributed by atoms with van der Waals surface area (Å²) in [5.74, 6) is 6.97. The van der Waals surface area contributed by atoms with Crippen molar-refractivity contribution in [1.82, 2.24) is 5.32 Å². The van der Waals surface area contributed by atoms with Gasteiger partial charge in [0.15, 0.2) is 0 Å². The highest BCUT2D eigenvalue weighted by molar-refractivity contribution is 5.80. The van der Waals surface area contributed by atoms with Crippen LogP contribution in [0.3, 0.4) is 0 Å². The first-order valence-electron chi connectivity index (χ1n) is 9.03. The van der Waals surface area contributed by atoms with E-state index in [1.165, 1.54) is 0 Å². The number of hydrogen-bond donors (Lipinski definition) is 2. The normalized spacial score (nSPS) is 9.75. The van der Waals surface area contributed by atoms with Crippen molar-refractivity contribution in [3.05, 3.63) is 95.6 Å². The van der Waals surface area contributed by atoms with Crippen molar-refractivity contribution in [1.29, 1.82) is 0 Å². The Morgan fingerprint density at radius 1 is 0.893 bits per heavy atom. The number of carbonyl (C=O) groups is 1. The fourth-order valence-electron chi connectivity index (χ4n) is 2.60. The predicted molar refractivity (Wildman–Crippen MR) is 112 cm³/mol. The smallest absolute Gasteiger partial charge is 0.239 e. The predicted octanol–water partition coefficient (Wildman–Crippen LogP) is 3.82. The van der Waals surface area contributed by atoms with Crippen molar-refractivity contribution in [2.24, 2.45) is 0 Å². The number of nitrogens with one attached hydrogen (secondary N) is 2. The number of amides is 1. The zero-order valence-electron chi connectivity index (χ0n) is 15.7. The van der Waals surface area contributed by atoms with Crippen LogP contribution in [0.25, 0.3) is 0 Å². The maximum atomic E-state index is 12.1. The summed E-state index contributed by atoms with van der Waals surface area (Å²) < 4.78 is 5.19. The molecule has 0 aliphatic rings.